The molecule has 5 rings (SSSR count). The van der Waals surface area contributed by atoms with Crippen LogP contribution in [0.3, 0.4) is 0 Å². The van der Waals surface area contributed by atoms with Crippen molar-refractivity contribution in [3.63, 3.8) is 0 Å². The summed E-state index contributed by atoms with van der Waals surface area (Å²) in [6.45, 7) is 0. The Labute approximate surface area is 198 Å². The summed E-state index contributed by atoms with van der Waals surface area (Å²) in [5.74, 6) is -1.17. The van der Waals surface area contributed by atoms with E-state index < -0.39 is 23.8 Å². The van der Waals surface area contributed by atoms with Crippen molar-refractivity contribution >= 4 is 51.5 Å². The molecule has 6 nitrogen and oxygen atoms in total. The largest absolute Gasteiger partial charge is 0.496 e. The Morgan fingerprint density at radius 2 is 1.85 bits per heavy atom. The summed E-state index contributed by atoms with van der Waals surface area (Å²) in [6, 6.07) is 13.4. The van der Waals surface area contributed by atoms with Gasteiger partial charge in [-0.1, -0.05) is 47.5 Å². The first-order valence-corrected chi connectivity index (χ1v) is 11.3. The Morgan fingerprint density at radius 1 is 1.03 bits per heavy atom. The first kappa shape index (κ1) is 21.7. The van der Waals surface area contributed by atoms with Crippen molar-refractivity contribution in [1.29, 1.82) is 0 Å². The van der Waals surface area contributed by atoms with Crippen LogP contribution in [0.4, 0.5) is 0 Å². The summed E-state index contributed by atoms with van der Waals surface area (Å²) in [7, 11) is 0. The zero-order chi connectivity index (χ0) is 23.1. The molecule has 1 aliphatic carbocycles. The summed E-state index contributed by atoms with van der Waals surface area (Å²) >= 11 is 12.2. The van der Waals surface area contributed by atoms with E-state index >= 15 is 0 Å². The highest BCUT2D eigenvalue weighted by molar-refractivity contribution is 6.37. The summed E-state index contributed by atoms with van der Waals surface area (Å²) < 4.78 is 16.7. The summed E-state index contributed by atoms with van der Waals surface area (Å²) in [5, 5.41) is 1.49. The lowest BCUT2D eigenvalue weighted by Crippen LogP contribution is -2.42. The second-order valence-corrected chi connectivity index (χ2v) is 8.97. The van der Waals surface area contributed by atoms with Crippen molar-refractivity contribution in [2.45, 2.75) is 31.5 Å². The van der Waals surface area contributed by atoms with Crippen molar-refractivity contribution in [2.75, 3.05) is 0 Å². The third kappa shape index (κ3) is 4.16. The summed E-state index contributed by atoms with van der Waals surface area (Å²) in [4.78, 5) is 38.0. The van der Waals surface area contributed by atoms with Crippen LogP contribution in [-0.4, -0.2) is 24.0 Å². The Bertz CT molecular complexity index is 1360. The first-order chi connectivity index (χ1) is 15.9. The van der Waals surface area contributed by atoms with Crippen LogP contribution in [0.2, 0.25) is 10.0 Å². The molecule has 1 aliphatic heterocycles. The van der Waals surface area contributed by atoms with Crippen LogP contribution >= 0.6 is 23.2 Å². The zero-order valence-corrected chi connectivity index (χ0v) is 18.8. The van der Waals surface area contributed by atoms with Gasteiger partial charge in [0.1, 0.15) is 23.4 Å². The molecule has 0 spiro atoms. The summed E-state index contributed by atoms with van der Waals surface area (Å²) in [5.41, 5.74) is 0.472. The molecule has 0 amide bonds. The zero-order valence-electron chi connectivity index (χ0n) is 17.3. The summed E-state index contributed by atoms with van der Waals surface area (Å²) in [6.07, 6.45) is 1.82. The number of hydrogen-bond acceptors (Lipinski definition) is 6. The van der Waals surface area contributed by atoms with Gasteiger partial charge < -0.3 is 13.9 Å². The number of esters is 1. The molecule has 3 aromatic rings. The van der Waals surface area contributed by atoms with Crippen LogP contribution < -0.4 is 5.63 Å². The Hall–Kier alpha value is -3.09. The number of fused-ring (bicyclic) bond motifs is 2. The maximum atomic E-state index is 13.1. The molecule has 0 radical (unpaired) electrons. The van der Waals surface area contributed by atoms with Crippen LogP contribution in [0.15, 0.2) is 64.0 Å². The molecule has 3 atom stereocenters. The fraction of sp³-hybridized carbons (Fsp3) is 0.240. The number of rotatable bonds is 3. The second kappa shape index (κ2) is 8.69. The van der Waals surface area contributed by atoms with Crippen LogP contribution in [0, 0.1) is 5.92 Å². The van der Waals surface area contributed by atoms with E-state index in [0.717, 1.165) is 0 Å². The maximum Gasteiger partial charge on any atom is 0.351 e. The highest BCUT2D eigenvalue weighted by Crippen LogP contribution is 2.39. The minimum atomic E-state index is -0.746. The predicted octanol–water partition coefficient (Wildman–Crippen LogP) is 5.43. The van der Waals surface area contributed by atoms with E-state index in [1.54, 1.807) is 42.5 Å². The molecule has 0 N–H and O–H groups in total. The number of ketones is 1. The van der Waals surface area contributed by atoms with Crippen LogP contribution in [0.25, 0.3) is 16.5 Å². The molecule has 1 fully saturated rings. The van der Waals surface area contributed by atoms with Gasteiger partial charge in [-0.25, -0.2) is 9.59 Å². The average molecular weight is 485 g/mol. The van der Waals surface area contributed by atoms with Crippen molar-refractivity contribution < 1.29 is 23.5 Å². The SMILES string of the molecule is O=C(OC1CCC2C(=O)C(c3ccc(Cl)cc3Cl)=COC2C1)c1cc2ccccc2oc1=O. The highest BCUT2D eigenvalue weighted by Gasteiger charge is 2.42. The maximum absolute atomic E-state index is 13.1. The smallest absolute Gasteiger partial charge is 0.351 e. The van der Waals surface area contributed by atoms with Gasteiger partial charge in [-0.15, -0.1) is 0 Å². The fourth-order valence-corrected chi connectivity index (χ4v) is 4.90. The minimum Gasteiger partial charge on any atom is -0.496 e. The highest BCUT2D eigenvalue weighted by atomic mass is 35.5. The number of Topliss-reactive ketones (excluding diaryl/α,β-unsaturated/α-hetero) is 1. The Balaban J connectivity index is 1.31. The molecule has 1 aromatic heterocycles. The quantitative estimate of drug-likeness (QED) is 0.363. The molecule has 2 aromatic carbocycles. The molecule has 2 heterocycles. The fourth-order valence-electron chi connectivity index (χ4n) is 4.39. The van der Waals surface area contributed by atoms with Gasteiger partial charge in [-0.05, 0) is 37.1 Å². The van der Waals surface area contributed by atoms with Gasteiger partial charge in [0.05, 0.1) is 22.8 Å². The molecular formula is C25H18Cl2O6. The van der Waals surface area contributed by atoms with E-state index in [2.05, 4.69) is 0 Å². The van der Waals surface area contributed by atoms with Gasteiger partial charge in [-0.2, -0.15) is 0 Å². The molecular weight excluding hydrogens is 467 g/mol. The molecule has 1 saturated carbocycles. The number of carbonyl (C=O) groups excluding carboxylic acids is 2. The lowest BCUT2D eigenvalue weighted by molar-refractivity contribution is -0.126. The molecule has 0 bridgehead atoms. The molecule has 8 heteroatoms. The van der Waals surface area contributed by atoms with Crippen LogP contribution in [-0.2, 0) is 14.3 Å². The lowest BCUT2D eigenvalue weighted by Gasteiger charge is -2.37. The Kier molecular flexibility index (Phi) is 5.72. The van der Waals surface area contributed by atoms with E-state index in [0.29, 0.717) is 51.4 Å². The number of allylic oxidation sites excluding steroid dienone is 1. The van der Waals surface area contributed by atoms with E-state index in [4.69, 9.17) is 37.1 Å². The van der Waals surface area contributed by atoms with Gasteiger partial charge in [0, 0.05) is 22.4 Å². The van der Waals surface area contributed by atoms with Crippen LogP contribution in [0.5, 0.6) is 0 Å². The molecule has 3 unspecified atom stereocenters. The number of ether oxygens (including phenoxy) is 2. The van der Waals surface area contributed by atoms with Gasteiger partial charge in [-0.3, -0.25) is 4.79 Å². The lowest BCUT2D eigenvalue weighted by atomic mass is 9.78. The van der Waals surface area contributed by atoms with Crippen LogP contribution in [0.1, 0.15) is 35.2 Å². The van der Waals surface area contributed by atoms with Crippen molar-refractivity contribution in [3.05, 3.63) is 86.4 Å². The average Bonchev–Trinajstić information content (AvgIpc) is 2.79. The molecule has 168 valence electrons. The standard InChI is InChI=1S/C25H18Cl2O6/c26-14-5-7-16(20(27)10-14)19-12-31-22-11-15(6-8-17(22)23(19)28)32-24(29)18-9-13-3-1-2-4-21(13)33-25(18)30/h1-5,7,9-10,12,15,17,22H,6,8,11H2. The van der Waals surface area contributed by atoms with Crippen molar-refractivity contribution in [3.8, 4) is 0 Å². The van der Waals surface area contributed by atoms with Gasteiger partial charge in [0.2, 0.25) is 0 Å². The minimum absolute atomic E-state index is 0.0598. The topological polar surface area (TPSA) is 82.8 Å². The van der Waals surface area contributed by atoms with E-state index in [-0.39, 0.29) is 17.3 Å². The van der Waals surface area contributed by atoms with E-state index in [1.807, 2.05) is 0 Å². The molecule has 33 heavy (non-hydrogen) atoms. The Morgan fingerprint density at radius 3 is 2.67 bits per heavy atom. The van der Waals surface area contributed by atoms with Gasteiger partial charge in [0.15, 0.2) is 5.78 Å². The number of para-hydroxylation sites is 1. The monoisotopic (exact) mass is 484 g/mol. The molecule has 2 aliphatic rings. The predicted molar refractivity (Wildman–Crippen MR) is 123 cm³/mol. The van der Waals surface area contributed by atoms with Crippen molar-refractivity contribution in [1.82, 2.24) is 0 Å². The van der Waals surface area contributed by atoms with Crippen molar-refractivity contribution in [2.24, 2.45) is 5.92 Å². The second-order valence-electron chi connectivity index (χ2n) is 8.13. The third-order valence-electron chi connectivity index (χ3n) is 6.06. The van der Waals surface area contributed by atoms with Gasteiger partial charge >= 0.3 is 11.6 Å². The van der Waals surface area contributed by atoms with E-state index in [9.17, 15) is 14.4 Å². The number of halogens is 2. The number of carbonyl (C=O) groups is 2. The number of benzene rings is 2. The molecule has 0 saturated heterocycles. The number of hydrogen-bond donors (Lipinski definition) is 0. The third-order valence-corrected chi connectivity index (χ3v) is 6.61. The normalized spacial score (nSPS) is 22.3. The first-order valence-electron chi connectivity index (χ1n) is 10.5. The van der Waals surface area contributed by atoms with Gasteiger partial charge in [0.25, 0.3) is 0 Å². The van der Waals surface area contributed by atoms with E-state index in [1.165, 1.54) is 12.3 Å².